The summed E-state index contributed by atoms with van der Waals surface area (Å²) in [5.74, 6) is 0.910. The first-order chi connectivity index (χ1) is 19.6. The van der Waals surface area contributed by atoms with Gasteiger partial charge in [-0.05, 0) is 57.5 Å². The fourth-order valence-corrected chi connectivity index (χ4v) is 5.71. The van der Waals surface area contributed by atoms with Gasteiger partial charge in [-0.3, -0.25) is 19.5 Å². The van der Waals surface area contributed by atoms with Crippen LogP contribution in [0.1, 0.15) is 44.9 Å². The molecular formula is C28H27N3O9S. The van der Waals surface area contributed by atoms with Gasteiger partial charge in [-0.2, -0.15) is 0 Å². The van der Waals surface area contributed by atoms with Crippen molar-refractivity contribution in [2.45, 2.75) is 39.8 Å². The van der Waals surface area contributed by atoms with E-state index < -0.39 is 22.5 Å². The van der Waals surface area contributed by atoms with E-state index in [1.165, 1.54) is 29.9 Å². The summed E-state index contributed by atoms with van der Waals surface area (Å²) >= 11 is 1.05. The minimum Gasteiger partial charge on any atom is -0.493 e. The Kier molecular flexibility index (Phi) is 7.54. The molecule has 0 saturated carbocycles. The van der Waals surface area contributed by atoms with Crippen LogP contribution in [-0.2, 0) is 9.53 Å². The van der Waals surface area contributed by atoms with Crippen LogP contribution in [0.15, 0.2) is 51.4 Å². The van der Waals surface area contributed by atoms with Crippen LogP contribution in [0, 0.1) is 10.1 Å². The molecule has 5 rings (SSSR count). The van der Waals surface area contributed by atoms with Crippen LogP contribution in [-0.4, -0.2) is 42.1 Å². The zero-order valence-electron chi connectivity index (χ0n) is 23.0. The van der Waals surface area contributed by atoms with Crippen LogP contribution in [0.5, 0.6) is 23.0 Å². The summed E-state index contributed by atoms with van der Waals surface area (Å²) in [5.41, 5.74) is 0.583. The van der Waals surface area contributed by atoms with Crippen molar-refractivity contribution in [2.75, 3.05) is 20.5 Å². The van der Waals surface area contributed by atoms with E-state index in [9.17, 15) is 19.7 Å². The molecule has 1 aromatic heterocycles. The first kappa shape index (κ1) is 27.9. The summed E-state index contributed by atoms with van der Waals surface area (Å²) in [6, 6.07) is 7.01. The monoisotopic (exact) mass is 581 g/mol. The molecular weight excluding hydrogens is 554 g/mol. The maximum absolute atomic E-state index is 13.9. The van der Waals surface area contributed by atoms with Gasteiger partial charge in [0.15, 0.2) is 27.8 Å². The highest BCUT2D eigenvalue weighted by molar-refractivity contribution is 7.07. The molecule has 214 valence electrons. The number of ether oxygens (including phenoxy) is 5. The summed E-state index contributed by atoms with van der Waals surface area (Å²) in [4.78, 5) is 43.3. The number of thiazole rings is 1. The quantitative estimate of drug-likeness (QED) is 0.223. The molecule has 3 aromatic rings. The molecule has 0 radical (unpaired) electrons. The van der Waals surface area contributed by atoms with Gasteiger partial charge in [-0.25, -0.2) is 9.79 Å². The molecule has 0 amide bonds. The van der Waals surface area contributed by atoms with Crippen molar-refractivity contribution >= 4 is 29.1 Å². The van der Waals surface area contributed by atoms with Gasteiger partial charge in [0.1, 0.15) is 0 Å². The van der Waals surface area contributed by atoms with Gasteiger partial charge in [0, 0.05) is 0 Å². The number of nitrogens with zero attached hydrogens (tertiary/aromatic N) is 3. The lowest BCUT2D eigenvalue weighted by atomic mass is 9.95. The van der Waals surface area contributed by atoms with Crippen LogP contribution in [0.2, 0.25) is 0 Å². The zero-order valence-corrected chi connectivity index (χ0v) is 23.8. The lowest BCUT2D eigenvalue weighted by Gasteiger charge is -2.25. The molecule has 2 aromatic carbocycles. The third-order valence-corrected chi connectivity index (χ3v) is 7.37. The van der Waals surface area contributed by atoms with Crippen LogP contribution in [0.4, 0.5) is 5.69 Å². The molecule has 0 N–H and O–H groups in total. The Hall–Kier alpha value is -4.65. The number of nitro groups is 1. The lowest BCUT2D eigenvalue weighted by molar-refractivity contribution is -0.385. The molecule has 2 aliphatic heterocycles. The maximum atomic E-state index is 13.9. The van der Waals surface area contributed by atoms with E-state index in [1.807, 2.05) is 13.8 Å². The number of esters is 1. The normalized spacial score (nSPS) is 16.0. The number of aromatic nitrogens is 1. The number of hydrogen-bond donors (Lipinski definition) is 0. The maximum Gasteiger partial charge on any atom is 0.338 e. The number of allylic oxidation sites excluding steroid dienone is 1. The van der Waals surface area contributed by atoms with Crippen molar-refractivity contribution in [3.05, 3.63) is 82.5 Å². The van der Waals surface area contributed by atoms with Crippen molar-refractivity contribution in [1.29, 1.82) is 0 Å². The van der Waals surface area contributed by atoms with Crippen molar-refractivity contribution in [2.24, 2.45) is 4.99 Å². The number of carbonyl (C=O) groups is 1. The van der Waals surface area contributed by atoms with E-state index in [0.717, 1.165) is 11.3 Å². The van der Waals surface area contributed by atoms with Crippen LogP contribution in [0.3, 0.4) is 0 Å². The number of fused-ring (bicyclic) bond motifs is 2. The van der Waals surface area contributed by atoms with Crippen LogP contribution >= 0.6 is 11.3 Å². The smallest absolute Gasteiger partial charge is 0.338 e. The second kappa shape index (κ2) is 11.1. The Balaban J connectivity index is 1.72. The highest BCUT2D eigenvalue weighted by Gasteiger charge is 2.34. The van der Waals surface area contributed by atoms with E-state index in [2.05, 4.69) is 4.99 Å². The first-order valence-electron chi connectivity index (χ1n) is 12.7. The average Bonchev–Trinajstić information content (AvgIpc) is 3.50. The third-order valence-electron chi connectivity index (χ3n) is 6.39. The molecule has 3 heterocycles. The summed E-state index contributed by atoms with van der Waals surface area (Å²) in [7, 11) is 1.50. The van der Waals surface area contributed by atoms with E-state index in [1.54, 1.807) is 32.0 Å². The fraction of sp³-hybridized carbons (Fsp3) is 0.321. The predicted octanol–water partition coefficient (Wildman–Crippen LogP) is 3.23. The van der Waals surface area contributed by atoms with E-state index in [4.69, 9.17) is 23.7 Å². The number of carbonyl (C=O) groups excluding carboxylic acids is 1. The van der Waals surface area contributed by atoms with E-state index >= 15 is 0 Å². The average molecular weight is 582 g/mol. The number of rotatable bonds is 8. The molecule has 0 bridgehead atoms. The standard InChI is InChI=1S/C28H27N3O9S/c1-6-37-27(33)24-15(4)29-28-30(25(24)16-7-8-19(40-14(2)3)20(9-16)36-5)26(32)23(41-28)11-17-10-21-22(39-13-38-21)12-18(17)31(34)35/h7-12,14,25H,6,13H2,1-5H3/b23-11+/t25-/m0/s1. The Labute approximate surface area is 237 Å². The number of nitro benzene ring substituents is 1. The molecule has 12 nitrogen and oxygen atoms in total. The molecule has 2 aliphatic rings. The Morgan fingerprint density at radius 1 is 1.24 bits per heavy atom. The molecule has 41 heavy (non-hydrogen) atoms. The first-order valence-corrected chi connectivity index (χ1v) is 13.6. The molecule has 13 heteroatoms. The van der Waals surface area contributed by atoms with Gasteiger partial charge in [0.2, 0.25) is 6.79 Å². The lowest BCUT2D eigenvalue weighted by Crippen LogP contribution is -2.40. The molecule has 0 aliphatic carbocycles. The van der Waals surface area contributed by atoms with Crippen LogP contribution < -0.4 is 33.8 Å². The summed E-state index contributed by atoms with van der Waals surface area (Å²) < 4.78 is 29.0. The zero-order chi connectivity index (χ0) is 29.4. The summed E-state index contributed by atoms with van der Waals surface area (Å²) in [6.07, 6.45) is 1.31. The Bertz CT molecular complexity index is 1770. The topological polar surface area (TPSA) is 141 Å². The SMILES string of the molecule is CCOC(=O)C1=C(C)N=c2s/c(=C/c3cc4c(cc3[N+](=O)[O-])OCO4)c(=O)n2[C@H]1c1ccc(OC(C)C)c(OC)c1. The van der Waals surface area contributed by atoms with Gasteiger partial charge in [0.25, 0.3) is 11.2 Å². The van der Waals surface area contributed by atoms with Crippen molar-refractivity contribution in [3.8, 4) is 23.0 Å². The Morgan fingerprint density at radius 3 is 2.63 bits per heavy atom. The second-order valence-corrected chi connectivity index (χ2v) is 10.4. The minimum atomic E-state index is -0.902. The molecule has 0 fully saturated rings. The molecule has 1 atom stereocenters. The summed E-state index contributed by atoms with van der Waals surface area (Å²) in [5, 5.41) is 11.8. The molecule has 0 saturated heterocycles. The van der Waals surface area contributed by atoms with Gasteiger partial charge < -0.3 is 23.7 Å². The minimum absolute atomic E-state index is 0.0570. The Morgan fingerprint density at radius 2 is 1.98 bits per heavy atom. The van der Waals surface area contributed by atoms with Crippen molar-refractivity contribution in [3.63, 3.8) is 0 Å². The largest absolute Gasteiger partial charge is 0.493 e. The van der Waals surface area contributed by atoms with Gasteiger partial charge >= 0.3 is 5.97 Å². The van der Waals surface area contributed by atoms with Crippen molar-refractivity contribution in [1.82, 2.24) is 4.57 Å². The van der Waals surface area contributed by atoms with Gasteiger partial charge in [-0.15, -0.1) is 0 Å². The molecule has 0 unspecified atom stereocenters. The van der Waals surface area contributed by atoms with Crippen molar-refractivity contribution < 1.29 is 33.4 Å². The third kappa shape index (κ3) is 5.15. The van der Waals surface area contributed by atoms with Crippen LogP contribution in [0.25, 0.3) is 6.08 Å². The van der Waals surface area contributed by atoms with Gasteiger partial charge in [0.05, 0.1) is 58.2 Å². The highest BCUT2D eigenvalue weighted by Crippen LogP contribution is 2.39. The predicted molar refractivity (Wildman–Crippen MR) is 148 cm³/mol. The second-order valence-electron chi connectivity index (χ2n) is 9.40. The highest BCUT2D eigenvalue weighted by atomic mass is 32.1. The van der Waals surface area contributed by atoms with E-state index in [0.29, 0.717) is 33.3 Å². The molecule has 0 spiro atoms. The number of benzene rings is 2. The van der Waals surface area contributed by atoms with Gasteiger partial charge in [-0.1, -0.05) is 17.4 Å². The summed E-state index contributed by atoms with van der Waals surface area (Å²) in [6.45, 7) is 7.22. The number of hydrogen-bond acceptors (Lipinski definition) is 11. The van der Waals surface area contributed by atoms with E-state index in [-0.39, 0.29) is 46.6 Å². The fourth-order valence-electron chi connectivity index (χ4n) is 4.67. The number of methoxy groups -OCH3 is 1.